The Morgan fingerprint density at radius 2 is 1.95 bits per heavy atom. The largest absolute Gasteiger partial charge is 0.475 e. The van der Waals surface area contributed by atoms with Crippen LogP contribution in [0.3, 0.4) is 0 Å². The summed E-state index contributed by atoms with van der Waals surface area (Å²) < 4.78 is 6.63. The normalized spacial score (nSPS) is 12.2. The zero-order valence-corrected chi connectivity index (χ0v) is 13.4. The van der Waals surface area contributed by atoms with Gasteiger partial charge in [0, 0.05) is 16.6 Å². The summed E-state index contributed by atoms with van der Waals surface area (Å²) in [5, 5.41) is 3.35. The number of benzene rings is 1. The number of aromatic nitrogens is 2. The van der Waals surface area contributed by atoms with Gasteiger partial charge in [0.1, 0.15) is 12.1 Å². The second kappa shape index (κ2) is 6.70. The summed E-state index contributed by atoms with van der Waals surface area (Å²) in [6.45, 7) is 6.03. The standard InChI is InChI=1S/C15H18BrN3O/c1-10(2)20-15-8-14(17-9-18-15)19-11(3)12-5-4-6-13(16)7-12/h4-11H,1-3H3,(H,17,18,19). The lowest BCUT2D eigenvalue weighted by Gasteiger charge is -2.16. The van der Waals surface area contributed by atoms with E-state index >= 15 is 0 Å². The van der Waals surface area contributed by atoms with E-state index in [1.807, 2.05) is 32.0 Å². The molecule has 1 atom stereocenters. The fourth-order valence-corrected chi connectivity index (χ4v) is 2.22. The van der Waals surface area contributed by atoms with Gasteiger partial charge >= 0.3 is 0 Å². The van der Waals surface area contributed by atoms with E-state index in [0.717, 1.165) is 10.3 Å². The molecule has 1 aromatic heterocycles. The molecule has 0 amide bonds. The van der Waals surface area contributed by atoms with Crippen LogP contribution in [0.1, 0.15) is 32.4 Å². The quantitative estimate of drug-likeness (QED) is 0.889. The van der Waals surface area contributed by atoms with Crippen molar-refractivity contribution in [1.82, 2.24) is 9.97 Å². The van der Waals surface area contributed by atoms with Crippen LogP contribution in [0.5, 0.6) is 5.88 Å². The SMILES string of the molecule is CC(C)Oc1cc(NC(C)c2cccc(Br)c2)ncn1. The summed E-state index contributed by atoms with van der Waals surface area (Å²) in [7, 11) is 0. The van der Waals surface area contributed by atoms with Crippen molar-refractivity contribution in [3.63, 3.8) is 0 Å². The molecule has 0 fully saturated rings. The lowest BCUT2D eigenvalue weighted by atomic mass is 10.1. The Bertz CT molecular complexity index is 575. The van der Waals surface area contributed by atoms with Crippen molar-refractivity contribution in [2.24, 2.45) is 0 Å². The van der Waals surface area contributed by atoms with Crippen molar-refractivity contribution in [3.8, 4) is 5.88 Å². The van der Waals surface area contributed by atoms with Crippen LogP contribution in [0, 0.1) is 0 Å². The van der Waals surface area contributed by atoms with Gasteiger partial charge < -0.3 is 10.1 Å². The average Bonchev–Trinajstić information content (AvgIpc) is 2.38. The molecule has 0 saturated heterocycles. The van der Waals surface area contributed by atoms with Gasteiger partial charge in [-0.3, -0.25) is 0 Å². The molecule has 0 saturated carbocycles. The first kappa shape index (κ1) is 14.8. The maximum atomic E-state index is 5.56. The maximum Gasteiger partial charge on any atom is 0.218 e. The molecule has 0 aliphatic carbocycles. The Balaban J connectivity index is 2.09. The Labute approximate surface area is 127 Å². The Morgan fingerprint density at radius 3 is 2.65 bits per heavy atom. The van der Waals surface area contributed by atoms with Gasteiger partial charge in [0.2, 0.25) is 5.88 Å². The fourth-order valence-electron chi connectivity index (χ4n) is 1.81. The summed E-state index contributed by atoms with van der Waals surface area (Å²) in [5.74, 6) is 1.34. The predicted octanol–water partition coefficient (Wildman–Crippen LogP) is 4.20. The molecule has 1 N–H and O–H groups in total. The third-order valence-corrected chi connectivity index (χ3v) is 3.20. The molecule has 4 nitrogen and oxygen atoms in total. The van der Waals surface area contributed by atoms with E-state index < -0.39 is 0 Å². The number of nitrogens with one attached hydrogen (secondary N) is 1. The summed E-state index contributed by atoms with van der Waals surface area (Å²) in [4.78, 5) is 8.31. The minimum atomic E-state index is 0.0975. The number of ether oxygens (including phenoxy) is 1. The monoisotopic (exact) mass is 335 g/mol. The molecule has 0 aliphatic rings. The molecule has 0 radical (unpaired) electrons. The highest BCUT2D eigenvalue weighted by atomic mass is 79.9. The van der Waals surface area contributed by atoms with Crippen LogP contribution in [-0.4, -0.2) is 16.1 Å². The van der Waals surface area contributed by atoms with Gasteiger partial charge in [0.05, 0.1) is 6.10 Å². The molecule has 2 rings (SSSR count). The number of anilines is 1. The van der Waals surface area contributed by atoms with Crippen molar-refractivity contribution < 1.29 is 4.74 Å². The number of nitrogens with zero attached hydrogens (tertiary/aromatic N) is 2. The second-order valence-corrected chi connectivity index (χ2v) is 5.74. The van der Waals surface area contributed by atoms with Gasteiger partial charge in [0.25, 0.3) is 0 Å². The smallest absolute Gasteiger partial charge is 0.218 e. The lowest BCUT2D eigenvalue weighted by Crippen LogP contribution is -2.10. The first-order valence-corrected chi connectivity index (χ1v) is 7.34. The third kappa shape index (κ3) is 4.20. The van der Waals surface area contributed by atoms with Crippen molar-refractivity contribution in [2.75, 3.05) is 5.32 Å². The molecule has 5 heteroatoms. The summed E-state index contributed by atoms with van der Waals surface area (Å²) in [5.41, 5.74) is 1.18. The van der Waals surface area contributed by atoms with Gasteiger partial charge in [-0.05, 0) is 38.5 Å². The van der Waals surface area contributed by atoms with Crippen LogP contribution in [0.4, 0.5) is 5.82 Å². The summed E-state index contributed by atoms with van der Waals surface area (Å²) >= 11 is 3.48. The summed E-state index contributed by atoms with van der Waals surface area (Å²) in [6, 6.07) is 10.2. The fraction of sp³-hybridized carbons (Fsp3) is 0.333. The maximum absolute atomic E-state index is 5.56. The minimum absolute atomic E-state index is 0.0975. The van der Waals surface area contributed by atoms with Gasteiger partial charge in [0.15, 0.2) is 0 Å². The van der Waals surface area contributed by atoms with Crippen LogP contribution in [0.25, 0.3) is 0 Å². The van der Waals surface area contributed by atoms with Crippen molar-refractivity contribution in [3.05, 3.63) is 46.7 Å². The third-order valence-electron chi connectivity index (χ3n) is 2.71. The van der Waals surface area contributed by atoms with Crippen molar-refractivity contribution >= 4 is 21.7 Å². The van der Waals surface area contributed by atoms with E-state index in [1.165, 1.54) is 11.9 Å². The van der Waals surface area contributed by atoms with Gasteiger partial charge in [-0.1, -0.05) is 28.1 Å². The highest BCUT2D eigenvalue weighted by Gasteiger charge is 2.08. The molecule has 0 bridgehead atoms. The predicted molar refractivity (Wildman–Crippen MR) is 84.0 cm³/mol. The zero-order chi connectivity index (χ0) is 14.5. The van der Waals surface area contributed by atoms with Gasteiger partial charge in [-0.25, -0.2) is 9.97 Å². The Kier molecular flexibility index (Phi) is 4.95. The molecule has 1 heterocycles. The van der Waals surface area contributed by atoms with Crippen molar-refractivity contribution in [2.45, 2.75) is 32.9 Å². The van der Waals surface area contributed by atoms with Gasteiger partial charge in [-0.2, -0.15) is 0 Å². The highest BCUT2D eigenvalue weighted by Crippen LogP contribution is 2.22. The number of halogens is 1. The Hall–Kier alpha value is -1.62. The van der Waals surface area contributed by atoms with E-state index in [-0.39, 0.29) is 12.1 Å². The van der Waals surface area contributed by atoms with E-state index in [4.69, 9.17) is 4.74 Å². The van der Waals surface area contributed by atoms with Crippen LogP contribution < -0.4 is 10.1 Å². The van der Waals surface area contributed by atoms with E-state index in [0.29, 0.717) is 5.88 Å². The summed E-state index contributed by atoms with van der Waals surface area (Å²) in [6.07, 6.45) is 1.61. The zero-order valence-electron chi connectivity index (χ0n) is 11.8. The Morgan fingerprint density at radius 1 is 1.15 bits per heavy atom. The van der Waals surface area contributed by atoms with Gasteiger partial charge in [-0.15, -0.1) is 0 Å². The topological polar surface area (TPSA) is 47.0 Å². The van der Waals surface area contributed by atoms with E-state index in [2.05, 4.69) is 50.3 Å². The van der Waals surface area contributed by atoms with Crippen LogP contribution >= 0.6 is 15.9 Å². The highest BCUT2D eigenvalue weighted by molar-refractivity contribution is 9.10. The lowest BCUT2D eigenvalue weighted by molar-refractivity contribution is 0.232. The number of hydrogen-bond donors (Lipinski definition) is 1. The van der Waals surface area contributed by atoms with Crippen LogP contribution in [-0.2, 0) is 0 Å². The molecule has 2 aromatic rings. The molecule has 20 heavy (non-hydrogen) atoms. The first-order valence-electron chi connectivity index (χ1n) is 6.55. The molecule has 1 unspecified atom stereocenters. The molecule has 0 aliphatic heterocycles. The number of hydrogen-bond acceptors (Lipinski definition) is 4. The second-order valence-electron chi connectivity index (χ2n) is 4.83. The van der Waals surface area contributed by atoms with Crippen LogP contribution in [0.2, 0.25) is 0 Å². The van der Waals surface area contributed by atoms with Crippen molar-refractivity contribution in [1.29, 1.82) is 0 Å². The minimum Gasteiger partial charge on any atom is -0.475 e. The molecule has 0 spiro atoms. The van der Waals surface area contributed by atoms with E-state index in [9.17, 15) is 0 Å². The number of rotatable bonds is 5. The first-order chi connectivity index (χ1) is 9.54. The van der Waals surface area contributed by atoms with Crippen LogP contribution in [0.15, 0.2) is 41.1 Å². The average molecular weight is 336 g/mol. The molecular weight excluding hydrogens is 318 g/mol. The van der Waals surface area contributed by atoms with E-state index in [1.54, 1.807) is 0 Å². The molecule has 106 valence electrons. The molecule has 1 aromatic carbocycles. The molecular formula is C15H18BrN3O.